The Morgan fingerprint density at radius 3 is 2.43 bits per heavy atom. The molecule has 5 heteroatoms. The Balaban J connectivity index is 1.49. The number of fused-ring (bicyclic) bond motifs is 1. The monoisotopic (exact) mass is 471 g/mol. The molecule has 184 valence electrons. The molecule has 0 atom stereocenters. The van der Waals surface area contributed by atoms with Crippen LogP contribution in [0.15, 0.2) is 53.0 Å². The number of aliphatic imine (C=N–C) groups is 1. The summed E-state index contributed by atoms with van der Waals surface area (Å²) in [7, 11) is 4.35. The van der Waals surface area contributed by atoms with Crippen LogP contribution in [-0.4, -0.2) is 48.2 Å². The molecular formula is C30H37N3O2. The number of phenolic OH excluding ortho intramolecular Hbond substituents is 1. The quantitative estimate of drug-likeness (QED) is 0.437. The van der Waals surface area contributed by atoms with Gasteiger partial charge in [-0.1, -0.05) is 24.3 Å². The average Bonchev–Trinajstić information content (AvgIpc) is 3.71. The van der Waals surface area contributed by atoms with Crippen molar-refractivity contribution in [3.05, 3.63) is 59.2 Å². The Morgan fingerprint density at radius 2 is 1.74 bits per heavy atom. The van der Waals surface area contributed by atoms with Gasteiger partial charge < -0.3 is 15.7 Å². The molecule has 2 saturated carbocycles. The summed E-state index contributed by atoms with van der Waals surface area (Å²) < 4.78 is 0. The second-order valence-electron chi connectivity index (χ2n) is 10.8. The predicted molar refractivity (Wildman–Crippen MR) is 143 cm³/mol. The van der Waals surface area contributed by atoms with E-state index in [4.69, 9.17) is 10.7 Å². The summed E-state index contributed by atoms with van der Waals surface area (Å²) in [6, 6.07) is 12.4. The lowest BCUT2D eigenvalue weighted by Crippen LogP contribution is -2.32. The van der Waals surface area contributed by atoms with Crippen molar-refractivity contribution in [1.82, 2.24) is 4.90 Å². The van der Waals surface area contributed by atoms with Crippen molar-refractivity contribution in [3.63, 3.8) is 0 Å². The Kier molecular flexibility index (Phi) is 6.79. The summed E-state index contributed by atoms with van der Waals surface area (Å²) in [5, 5.41) is 9.86. The molecule has 0 saturated heterocycles. The van der Waals surface area contributed by atoms with Crippen LogP contribution in [0.1, 0.15) is 56.1 Å². The molecule has 2 aromatic carbocycles. The molecule has 35 heavy (non-hydrogen) atoms. The fourth-order valence-electron chi connectivity index (χ4n) is 5.56. The number of nitrogen functional groups attached to an aromatic ring is 1. The number of phenols is 1. The Labute approximate surface area is 208 Å². The van der Waals surface area contributed by atoms with Crippen molar-refractivity contribution in [2.75, 3.05) is 26.4 Å². The van der Waals surface area contributed by atoms with Crippen molar-refractivity contribution >= 4 is 17.2 Å². The number of benzene rings is 2. The van der Waals surface area contributed by atoms with Crippen LogP contribution in [-0.2, 0) is 11.2 Å². The van der Waals surface area contributed by atoms with Gasteiger partial charge in [-0.2, -0.15) is 0 Å². The average molecular weight is 472 g/mol. The fourth-order valence-corrected chi connectivity index (χ4v) is 5.56. The van der Waals surface area contributed by atoms with E-state index in [1.807, 2.05) is 6.07 Å². The van der Waals surface area contributed by atoms with Gasteiger partial charge in [0.1, 0.15) is 5.75 Å². The minimum atomic E-state index is 0.0926. The smallest absolute Gasteiger partial charge is 0.167 e. The van der Waals surface area contributed by atoms with Gasteiger partial charge in [-0.3, -0.25) is 9.79 Å². The lowest BCUT2D eigenvalue weighted by atomic mass is 9.85. The van der Waals surface area contributed by atoms with Crippen LogP contribution in [0, 0.1) is 11.8 Å². The number of aromatic hydroxyl groups is 1. The Bertz CT molecular complexity index is 1170. The number of anilines is 1. The number of carbonyl (C=O) groups excluding carboxylic acids is 1. The zero-order valence-corrected chi connectivity index (χ0v) is 21.0. The summed E-state index contributed by atoms with van der Waals surface area (Å²) >= 11 is 0. The van der Waals surface area contributed by atoms with E-state index in [0.29, 0.717) is 17.6 Å². The van der Waals surface area contributed by atoms with Gasteiger partial charge in [0.25, 0.3) is 0 Å². The number of ketones is 1. The van der Waals surface area contributed by atoms with Crippen molar-refractivity contribution in [2.24, 2.45) is 16.8 Å². The molecule has 5 nitrogen and oxygen atoms in total. The van der Waals surface area contributed by atoms with Crippen LogP contribution in [0.5, 0.6) is 5.75 Å². The van der Waals surface area contributed by atoms with Crippen LogP contribution >= 0.6 is 0 Å². The predicted octanol–water partition coefficient (Wildman–Crippen LogP) is 5.40. The summed E-state index contributed by atoms with van der Waals surface area (Å²) in [6.45, 7) is 0.778. The van der Waals surface area contributed by atoms with Crippen molar-refractivity contribution < 1.29 is 9.90 Å². The summed E-state index contributed by atoms with van der Waals surface area (Å²) in [5.74, 6) is 1.11. The van der Waals surface area contributed by atoms with Gasteiger partial charge in [0, 0.05) is 29.6 Å². The number of nitrogens with two attached hydrogens (primary N) is 1. The summed E-state index contributed by atoms with van der Waals surface area (Å²) in [5.41, 5.74) is 12.4. The lowest BCUT2D eigenvalue weighted by molar-refractivity contribution is -0.116. The van der Waals surface area contributed by atoms with Gasteiger partial charge in [-0.05, 0) is 106 Å². The molecule has 3 aliphatic carbocycles. The highest BCUT2D eigenvalue weighted by Gasteiger charge is 2.35. The van der Waals surface area contributed by atoms with E-state index in [-0.39, 0.29) is 17.5 Å². The highest BCUT2D eigenvalue weighted by molar-refractivity contribution is 6.30. The van der Waals surface area contributed by atoms with Crippen molar-refractivity contribution in [1.29, 1.82) is 0 Å². The van der Waals surface area contributed by atoms with Gasteiger partial charge in [-0.15, -0.1) is 0 Å². The van der Waals surface area contributed by atoms with Gasteiger partial charge in [0.15, 0.2) is 5.78 Å². The number of hydrogen-bond acceptors (Lipinski definition) is 5. The number of Topliss-reactive ketones (excluding diaryl/α,β-unsaturated/α-hetero) is 1. The van der Waals surface area contributed by atoms with Gasteiger partial charge in [0.2, 0.25) is 0 Å². The minimum Gasteiger partial charge on any atom is -0.506 e. The van der Waals surface area contributed by atoms with Crippen LogP contribution in [0.3, 0.4) is 0 Å². The van der Waals surface area contributed by atoms with E-state index in [0.717, 1.165) is 60.2 Å². The number of aryl methyl sites for hydroxylation is 1. The summed E-state index contributed by atoms with van der Waals surface area (Å²) in [6.07, 6.45) is 10.7. The highest BCUT2D eigenvalue weighted by Crippen LogP contribution is 2.36. The van der Waals surface area contributed by atoms with Gasteiger partial charge >= 0.3 is 0 Å². The molecule has 2 aromatic rings. The normalized spacial score (nSPS) is 23.6. The van der Waals surface area contributed by atoms with E-state index < -0.39 is 0 Å². The van der Waals surface area contributed by atoms with Crippen LogP contribution in [0.2, 0.25) is 0 Å². The van der Waals surface area contributed by atoms with E-state index in [1.54, 1.807) is 12.1 Å². The third-order valence-corrected chi connectivity index (χ3v) is 8.01. The molecule has 0 aliphatic heterocycles. The largest absolute Gasteiger partial charge is 0.506 e. The third kappa shape index (κ3) is 5.20. The first-order valence-electron chi connectivity index (χ1n) is 13.1. The molecule has 2 fully saturated rings. The lowest BCUT2D eigenvalue weighted by Gasteiger charge is -2.32. The molecule has 0 radical (unpaired) electrons. The van der Waals surface area contributed by atoms with Crippen LogP contribution in [0.4, 0.5) is 5.69 Å². The van der Waals surface area contributed by atoms with Crippen LogP contribution in [0.25, 0.3) is 11.1 Å². The minimum absolute atomic E-state index is 0.0926. The second-order valence-corrected chi connectivity index (χ2v) is 10.8. The number of hydrogen-bond donors (Lipinski definition) is 2. The molecule has 0 amide bonds. The molecule has 0 heterocycles. The van der Waals surface area contributed by atoms with Crippen LogP contribution < -0.4 is 5.73 Å². The zero-order valence-electron chi connectivity index (χ0n) is 21.0. The standard InChI is InChI=1S/C30H37N3O2/c1-33(2)24-13-6-19(7-14-24)18-32-29-25(30(35)21-9-10-21)5-3-4-20-8-11-22(16-26(20)29)23-12-15-28(34)27(31)17-23/h5,8,11-12,15-17,19,21,24,34H,3-4,6-7,9-10,13-14,18,31H2,1-2H3. The number of nitrogens with zero attached hydrogens (tertiary/aromatic N) is 2. The molecular weight excluding hydrogens is 434 g/mol. The number of allylic oxidation sites excluding steroid dienone is 2. The first kappa shape index (κ1) is 23.8. The van der Waals surface area contributed by atoms with E-state index >= 15 is 0 Å². The number of rotatable bonds is 6. The van der Waals surface area contributed by atoms with Gasteiger partial charge in [-0.25, -0.2) is 0 Å². The van der Waals surface area contributed by atoms with Crippen molar-refractivity contribution in [3.8, 4) is 16.9 Å². The molecule has 3 aliphatic rings. The van der Waals surface area contributed by atoms with E-state index in [2.05, 4.69) is 43.3 Å². The fraction of sp³-hybridized carbons (Fsp3) is 0.467. The SMILES string of the molecule is CN(C)C1CCC(CN=C2C(C(=O)C3CC3)=CCCc3ccc(-c4ccc(O)c(N)c4)cc32)CC1. The first-order valence-corrected chi connectivity index (χ1v) is 13.1. The maximum absolute atomic E-state index is 13.3. The third-order valence-electron chi connectivity index (χ3n) is 8.01. The van der Waals surface area contributed by atoms with E-state index in [9.17, 15) is 9.90 Å². The maximum atomic E-state index is 13.3. The molecule has 5 rings (SSSR count). The second kappa shape index (κ2) is 9.98. The van der Waals surface area contributed by atoms with Crippen molar-refractivity contribution in [2.45, 2.75) is 57.4 Å². The topological polar surface area (TPSA) is 78.9 Å². The molecule has 0 unspecified atom stereocenters. The molecule has 0 spiro atoms. The Hall–Kier alpha value is -2.92. The zero-order chi connectivity index (χ0) is 24.5. The number of carbonyl (C=O) groups is 1. The Morgan fingerprint density at radius 1 is 1.03 bits per heavy atom. The van der Waals surface area contributed by atoms with E-state index in [1.165, 1.54) is 31.2 Å². The highest BCUT2D eigenvalue weighted by atomic mass is 16.3. The first-order chi connectivity index (χ1) is 16.9. The molecule has 0 aromatic heterocycles. The maximum Gasteiger partial charge on any atom is 0.167 e. The summed E-state index contributed by atoms with van der Waals surface area (Å²) in [4.78, 5) is 20.9. The van der Waals surface area contributed by atoms with Gasteiger partial charge in [0.05, 0.1) is 11.4 Å². The molecule has 3 N–H and O–H groups in total. The molecule has 0 bridgehead atoms.